The molecule has 1 unspecified atom stereocenters. The van der Waals surface area contributed by atoms with Gasteiger partial charge in [-0.2, -0.15) is 0 Å². The Morgan fingerprint density at radius 1 is 1.25 bits per heavy atom. The fraction of sp³-hybridized carbons (Fsp3) is 0.632. The lowest BCUT2D eigenvalue weighted by atomic mass is 10.1. The van der Waals surface area contributed by atoms with Crippen molar-refractivity contribution in [1.29, 1.82) is 0 Å². The van der Waals surface area contributed by atoms with Gasteiger partial charge < -0.3 is 20.1 Å². The number of hydrogen-bond donors (Lipinski definition) is 2. The van der Waals surface area contributed by atoms with E-state index in [2.05, 4.69) is 27.8 Å². The maximum atomic E-state index is 5.94. The zero-order valence-electron chi connectivity index (χ0n) is 14.6. The highest BCUT2D eigenvalue weighted by atomic mass is 16.5. The van der Waals surface area contributed by atoms with Crippen molar-refractivity contribution in [2.24, 2.45) is 4.99 Å². The molecule has 0 aromatic heterocycles. The van der Waals surface area contributed by atoms with E-state index in [1.807, 2.05) is 12.1 Å². The van der Waals surface area contributed by atoms with Gasteiger partial charge in [-0.15, -0.1) is 0 Å². The molecule has 2 aliphatic rings. The van der Waals surface area contributed by atoms with Crippen LogP contribution >= 0.6 is 0 Å². The largest absolute Gasteiger partial charge is 0.488 e. The zero-order chi connectivity index (χ0) is 16.6. The Morgan fingerprint density at radius 3 is 2.88 bits per heavy atom. The molecule has 5 nitrogen and oxygen atoms in total. The summed E-state index contributed by atoms with van der Waals surface area (Å²) in [7, 11) is 1.80. The molecule has 2 N–H and O–H groups in total. The van der Waals surface area contributed by atoms with Crippen LogP contribution in [0.4, 0.5) is 0 Å². The normalized spacial score (nSPS) is 20.7. The van der Waals surface area contributed by atoms with Gasteiger partial charge >= 0.3 is 0 Å². The van der Waals surface area contributed by atoms with Gasteiger partial charge in [0.25, 0.3) is 0 Å². The van der Waals surface area contributed by atoms with Crippen LogP contribution in [0.2, 0.25) is 0 Å². The van der Waals surface area contributed by atoms with Crippen molar-refractivity contribution in [3.8, 4) is 5.75 Å². The van der Waals surface area contributed by atoms with Gasteiger partial charge in [0, 0.05) is 26.6 Å². The summed E-state index contributed by atoms with van der Waals surface area (Å²) in [6.07, 6.45) is 7.76. The van der Waals surface area contributed by atoms with E-state index < -0.39 is 0 Å². The van der Waals surface area contributed by atoms with Crippen molar-refractivity contribution < 1.29 is 9.47 Å². The number of para-hydroxylation sites is 1. The Morgan fingerprint density at radius 2 is 2.08 bits per heavy atom. The molecule has 0 spiro atoms. The molecule has 1 heterocycles. The van der Waals surface area contributed by atoms with Gasteiger partial charge in [0.05, 0.1) is 12.6 Å². The molecule has 0 saturated heterocycles. The van der Waals surface area contributed by atoms with Gasteiger partial charge in [0.2, 0.25) is 0 Å². The SMILES string of the molecule is CN=C(NCCCOC1CCCC1)NCC1Cc2ccccc2O1. The summed E-state index contributed by atoms with van der Waals surface area (Å²) in [5, 5.41) is 6.69. The number of nitrogens with one attached hydrogen (secondary N) is 2. The van der Waals surface area contributed by atoms with Crippen LogP contribution in [0.5, 0.6) is 5.75 Å². The van der Waals surface area contributed by atoms with E-state index in [9.17, 15) is 0 Å². The molecule has 1 aromatic carbocycles. The fourth-order valence-corrected chi connectivity index (χ4v) is 3.38. The van der Waals surface area contributed by atoms with E-state index in [0.29, 0.717) is 6.10 Å². The summed E-state index contributed by atoms with van der Waals surface area (Å²) < 4.78 is 11.8. The number of fused-ring (bicyclic) bond motifs is 1. The molecule has 132 valence electrons. The number of rotatable bonds is 7. The lowest BCUT2D eigenvalue weighted by molar-refractivity contribution is 0.0574. The summed E-state index contributed by atoms with van der Waals surface area (Å²) in [6.45, 7) is 2.46. The minimum Gasteiger partial charge on any atom is -0.488 e. The Bertz CT molecular complexity index is 516. The van der Waals surface area contributed by atoms with Crippen molar-refractivity contribution in [3.05, 3.63) is 29.8 Å². The number of nitrogens with zero attached hydrogens (tertiary/aromatic N) is 1. The Kier molecular flexibility index (Phi) is 6.35. The van der Waals surface area contributed by atoms with Crippen molar-refractivity contribution >= 4 is 5.96 Å². The van der Waals surface area contributed by atoms with Crippen LogP contribution in [0.15, 0.2) is 29.3 Å². The van der Waals surface area contributed by atoms with Gasteiger partial charge in [-0.05, 0) is 30.9 Å². The summed E-state index contributed by atoms with van der Waals surface area (Å²) in [5.74, 6) is 1.84. The van der Waals surface area contributed by atoms with Crippen LogP contribution in [-0.2, 0) is 11.2 Å². The molecule has 3 rings (SSSR count). The number of guanidine groups is 1. The molecule has 1 fully saturated rings. The summed E-state index contributed by atoms with van der Waals surface area (Å²) in [6, 6.07) is 8.24. The second-order valence-electron chi connectivity index (χ2n) is 6.56. The summed E-state index contributed by atoms with van der Waals surface area (Å²) >= 11 is 0. The highest BCUT2D eigenvalue weighted by Crippen LogP contribution is 2.27. The van der Waals surface area contributed by atoms with Crippen molar-refractivity contribution in [2.75, 3.05) is 26.7 Å². The highest BCUT2D eigenvalue weighted by Gasteiger charge is 2.22. The maximum absolute atomic E-state index is 5.94. The smallest absolute Gasteiger partial charge is 0.191 e. The highest BCUT2D eigenvalue weighted by molar-refractivity contribution is 5.79. The zero-order valence-corrected chi connectivity index (χ0v) is 14.6. The van der Waals surface area contributed by atoms with Crippen LogP contribution in [0.3, 0.4) is 0 Å². The first-order valence-corrected chi connectivity index (χ1v) is 9.16. The standard InChI is InChI=1S/C19H29N3O2/c1-20-19(21-11-6-12-23-16-8-3-4-9-16)22-14-17-13-15-7-2-5-10-18(15)24-17/h2,5,7,10,16-17H,3-4,6,8-9,11-14H2,1H3,(H2,20,21,22). The average Bonchev–Trinajstić information content (AvgIpc) is 3.26. The number of benzene rings is 1. The molecule has 24 heavy (non-hydrogen) atoms. The first kappa shape index (κ1) is 17.1. The van der Waals surface area contributed by atoms with Crippen LogP contribution in [0.25, 0.3) is 0 Å². The average molecular weight is 331 g/mol. The molecule has 0 bridgehead atoms. The minimum absolute atomic E-state index is 0.173. The monoisotopic (exact) mass is 331 g/mol. The summed E-state index contributed by atoms with van der Waals surface area (Å²) in [5.41, 5.74) is 1.29. The molecule has 1 aliphatic carbocycles. The molecule has 5 heteroatoms. The Labute approximate surface area is 144 Å². The van der Waals surface area contributed by atoms with Gasteiger partial charge in [0.1, 0.15) is 11.9 Å². The lowest BCUT2D eigenvalue weighted by Gasteiger charge is -2.16. The van der Waals surface area contributed by atoms with Gasteiger partial charge in [-0.3, -0.25) is 4.99 Å². The number of aliphatic imine (C=N–C) groups is 1. The molecule has 0 radical (unpaired) electrons. The molecular formula is C19H29N3O2. The molecule has 1 aliphatic heterocycles. The topological polar surface area (TPSA) is 54.9 Å². The Balaban J connectivity index is 1.28. The Hall–Kier alpha value is -1.75. The van der Waals surface area contributed by atoms with Crippen molar-refractivity contribution in [1.82, 2.24) is 10.6 Å². The maximum Gasteiger partial charge on any atom is 0.191 e. The summed E-state index contributed by atoms with van der Waals surface area (Å²) in [4.78, 5) is 4.27. The lowest BCUT2D eigenvalue weighted by Crippen LogP contribution is -2.42. The molecule has 1 atom stereocenters. The van der Waals surface area contributed by atoms with Gasteiger partial charge in [0.15, 0.2) is 5.96 Å². The van der Waals surface area contributed by atoms with E-state index in [0.717, 1.165) is 44.2 Å². The molecule has 1 saturated carbocycles. The second kappa shape index (κ2) is 8.92. The third-order valence-corrected chi connectivity index (χ3v) is 4.70. The predicted molar refractivity (Wildman–Crippen MR) is 96.8 cm³/mol. The molecule has 0 amide bonds. The third kappa shape index (κ3) is 4.87. The number of hydrogen-bond acceptors (Lipinski definition) is 3. The van der Waals surface area contributed by atoms with E-state index in [4.69, 9.17) is 9.47 Å². The van der Waals surface area contributed by atoms with E-state index in [-0.39, 0.29) is 6.10 Å². The molecule has 1 aromatic rings. The van der Waals surface area contributed by atoms with Crippen molar-refractivity contribution in [3.63, 3.8) is 0 Å². The van der Waals surface area contributed by atoms with Crippen molar-refractivity contribution in [2.45, 2.75) is 50.7 Å². The van der Waals surface area contributed by atoms with Crippen LogP contribution in [-0.4, -0.2) is 44.9 Å². The quantitative estimate of drug-likeness (QED) is 0.458. The van der Waals surface area contributed by atoms with E-state index >= 15 is 0 Å². The first-order chi connectivity index (χ1) is 11.8. The second-order valence-corrected chi connectivity index (χ2v) is 6.56. The van der Waals surface area contributed by atoms with Crippen LogP contribution < -0.4 is 15.4 Å². The van der Waals surface area contributed by atoms with Gasteiger partial charge in [-0.25, -0.2) is 0 Å². The van der Waals surface area contributed by atoms with Crippen LogP contribution in [0.1, 0.15) is 37.7 Å². The first-order valence-electron chi connectivity index (χ1n) is 9.16. The van der Waals surface area contributed by atoms with Gasteiger partial charge in [-0.1, -0.05) is 31.0 Å². The van der Waals surface area contributed by atoms with E-state index in [1.54, 1.807) is 7.05 Å². The molecular weight excluding hydrogens is 302 g/mol. The van der Waals surface area contributed by atoms with Crippen LogP contribution in [0, 0.1) is 0 Å². The fourth-order valence-electron chi connectivity index (χ4n) is 3.38. The predicted octanol–water partition coefficient (Wildman–Crippen LogP) is 2.50. The third-order valence-electron chi connectivity index (χ3n) is 4.70. The number of ether oxygens (including phenoxy) is 2. The van der Waals surface area contributed by atoms with E-state index in [1.165, 1.54) is 31.2 Å². The minimum atomic E-state index is 0.173.